The Morgan fingerprint density at radius 2 is 2.03 bits per heavy atom. The standard InChI is InChI=1S/C18H13N5O7/c1-9-13(14-16(29-9)19-8-22(2)17(14)24)18(25)28-7-12-20-15(21-30-12)10-3-5-11(6-4-10)23(26)27/h3-6,8H,7H2,1-2H3. The minimum absolute atomic E-state index is 0.00758. The third kappa shape index (κ3) is 3.30. The normalized spacial score (nSPS) is 11.0. The maximum absolute atomic E-state index is 12.5. The Labute approximate surface area is 166 Å². The molecular formula is C18H13N5O7. The molecule has 12 nitrogen and oxygen atoms in total. The zero-order valence-electron chi connectivity index (χ0n) is 15.7. The van der Waals surface area contributed by atoms with Gasteiger partial charge in [-0.05, 0) is 19.1 Å². The van der Waals surface area contributed by atoms with Gasteiger partial charge in [0.1, 0.15) is 23.0 Å². The molecule has 0 aliphatic heterocycles. The number of fused-ring (bicyclic) bond motifs is 1. The molecule has 152 valence electrons. The highest BCUT2D eigenvalue weighted by Crippen LogP contribution is 2.23. The Morgan fingerprint density at radius 3 is 2.73 bits per heavy atom. The van der Waals surface area contributed by atoms with Crippen molar-refractivity contribution in [2.75, 3.05) is 0 Å². The summed E-state index contributed by atoms with van der Waals surface area (Å²) in [6.45, 7) is 1.18. The minimum atomic E-state index is -0.800. The van der Waals surface area contributed by atoms with Gasteiger partial charge in [0.05, 0.1) is 4.92 Å². The molecule has 30 heavy (non-hydrogen) atoms. The molecule has 0 unspecified atom stereocenters. The summed E-state index contributed by atoms with van der Waals surface area (Å²) < 4.78 is 16.8. The smallest absolute Gasteiger partial charge is 0.343 e. The SMILES string of the molecule is Cc1oc2ncn(C)c(=O)c2c1C(=O)OCc1nc(-c2ccc([N+](=O)[O-])cc2)no1. The Hall–Kier alpha value is -4.35. The summed E-state index contributed by atoms with van der Waals surface area (Å²) in [5.74, 6) is -0.415. The van der Waals surface area contributed by atoms with E-state index in [4.69, 9.17) is 13.7 Å². The van der Waals surface area contributed by atoms with E-state index in [0.717, 1.165) is 0 Å². The number of carbonyl (C=O) groups excluding carboxylic acids is 1. The lowest BCUT2D eigenvalue weighted by molar-refractivity contribution is -0.384. The first-order valence-electron chi connectivity index (χ1n) is 8.54. The van der Waals surface area contributed by atoms with Crippen LogP contribution in [0.5, 0.6) is 0 Å². The molecule has 0 aliphatic rings. The van der Waals surface area contributed by atoms with E-state index in [9.17, 15) is 19.7 Å². The maximum atomic E-state index is 12.5. The van der Waals surface area contributed by atoms with Crippen LogP contribution in [0.15, 0.2) is 44.3 Å². The highest BCUT2D eigenvalue weighted by molar-refractivity contribution is 6.03. The average molecular weight is 411 g/mol. The van der Waals surface area contributed by atoms with Crippen LogP contribution in [0.4, 0.5) is 5.69 Å². The molecule has 0 saturated carbocycles. The molecule has 0 aliphatic carbocycles. The molecule has 0 atom stereocenters. The third-order valence-electron chi connectivity index (χ3n) is 4.28. The second-order valence-corrected chi connectivity index (χ2v) is 6.27. The lowest BCUT2D eigenvalue weighted by Gasteiger charge is -2.01. The van der Waals surface area contributed by atoms with Gasteiger partial charge >= 0.3 is 5.97 Å². The summed E-state index contributed by atoms with van der Waals surface area (Å²) in [5, 5.41) is 14.5. The molecular weight excluding hydrogens is 398 g/mol. The Balaban J connectivity index is 1.52. The number of aromatic nitrogens is 4. The first-order chi connectivity index (χ1) is 14.3. The fraction of sp³-hybridized carbons (Fsp3) is 0.167. The van der Waals surface area contributed by atoms with Crippen molar-refractivity contribution in [3.05, 3.63) is 68.3 Å². The molecule has 0 radical (unpaired) electrons. The Morgan fingerprint density at radius 1 is 1.30 bits per heavy atom. The van der Waals surface area contributed by atoms with Crippen molar-refractivity contribution in [3.63, 3.8) is 0 Å². The summed E-state index contributed by atoms with van der Waals surface area (Å²) in [4.78, 5) is 43.2. The number of carbonyl (C=O) groups is 1. The van der Waals surface area contributed by atoms with Crippen LogP contribution >= 0.6 is 0 Å². The largest absolute Gasteiger partial charge is 0.452 e. The number of nitro benzene ring substituents is 1. The van der Waals surface area contributed by atoms with Crippen molar-refractivity contribution in [1.82, 2.24) is 19.7 Å². The van der Waals surface area contributed by atoms with Crippen molar-refractivity contribution in [3.8, 4) is 11.4 Å². The number of rotatable bonds is 5. The van der Waals surface area contributed by atoms with Gasteiger partial charge in [-0.1, -0.05) is 5.16 Å². The van der Waals surface area contributed by atoms with Gasteiger partial charge in [-0.15, -0.1) is 0 Å². The van der Waals surface area contributed by atoms with Gasteiger partial charge in [-0.3, -0.25) is 14.9 Å². The predicted molar refractivity (Wildman–Crippen MR) is 99.5 cm³/mol. The van der Waals surface area contributed by atoms with E-state index in [0.29, 0.717) is 5.56 Å². The number of hydrogen-bond acceptors (Lipinski definition) is 10. The number of non-ortho nitro benzene ring substituents is 1. The number of esters is 1. The van der Waals surface area contributed by atoms with E-state index < -0.39 is 16.5 Å². The molecule has 4 aromatic rings. The van der Waals surface area contributed by atoms with Crippen LogP contribution < -0.4 is 5.56 Å². The van der Waals surface area contributed by atoms with Crippen LogP contribution in [0.2, 0.25) is 0 Å². The van der Waals surface area contributed by atoms with Gasteiger partial charge in [-0.2, -0.15) is 4.98 Å². The van der Waals surface area contributed by atoms with Crippen molar-refractivity contribution in [1.29, 1.82) is 0 Å². The van der Waals surface area contributed by atoms with Crippen molar-refractivity contribution < 1.29 is 23.4 Å². The van der Waals surface area contributed by atoms with E-state index in [-0.39, 0.29) is 46.4 Å². The predicted octanol–water partition coefficient (Wildman–Crippen LogP) is 2.15. The number of benzene rings is 1. The number of nitro groups is 1. The molecule has 0 fully saturated rings. The van der Waals surface area contributed by atoms with E-state index in [1.165, 1.54) is 49.1 Å². The topological polar surface area (TPSA) is 156 Å². The van der Waals surface area contributed by atoms with Gasteiger partial charge in [-0.25, -0.2) is 9.78 Å². The quantitative estimate of drug-likeness (QED) is 0.271. The van der Waals surface area contributed by atoms with Gasteiger partial charge < -0.3 is 18.2 Å². The van der Waals surface area contributed by atoms with Crippen LogP contribution in [0.1, 0.15) is 22.0 Å². The van der Waals surface area contributed by atoms with Crippen molar-refractivity contribution in [2.45, 2.75) is 13.5 Å². The molecule has 0 saturated heterocycles. The minimum Gasteiger partial charge on any atom is -0.452 e. The zero-order chi connectivity index (χ0) is 21.4. The summed E-state index contributed by atoms with van der Waals surface area (Å²) in [6, 6.07) is 5.57. The van der Waals surface area contributed by atoms with Gasteiger partial charge in [0, 0.05) is 24.7 Å². The molecule has 0 bridgehead atoms. The Bertz CT molecular complexity index is 1330. The Kier molecular flexibility index (Phi) is 4.58. The fourth-order valence-electron chi connectivity index (χ4n) is 2.80. The maximum Gasteiger partial charge on any atom is 0.343 e. The lowest BCUT2D eigenvalue weighted by atomic mass is 10.2. The van der Waals surface area contributed by atoms with E-state index in [1.54, 1.807) is 0 Å². The summed E-state index contributed by atoms with van der Waals surface area (Å²) in [7, 11) is 1.50. The van der Waals surface area contributed by atoms with E-state index >= 15 is 0 Å². The second-order valence-electron chi connectivity index (χ2n) is 6.27. The van der Waals surface area contributed by atoms with Gasteiger partial charge in [0.25, 0.3) is 17.1 Å². The molecule has 3 aromatic heterocycles. The fourth-order valence-corrected chi connectivity index (χ4v) is 2.80. The monoisotopic (exact) mass is 411 g/mol. The number of ether oxygens (including phenoxy) is 1. The van der Waals surface area contributed by atoms with Crippen LogP contribution in [-0.4, -0.2) is 30.6 Å². The molecule has 3 heterocycles. The molecule has 0 N–H and O–H groups in total. The van der Waals surface area contributed by atoms with Crippen LogP contribution in [-0.2, 0) is 18.4 Å². The molecule has 0 spiro atoms. The second kappa shape index (κ2) is 7.24. The van der Waals surface area contributed by atoms with E-state index in [1.807, 2.05) is 0 Å². The molecule has 4 rings (SSSR count). The first kappa shape index (κ1) is 19.0. The highest BCUT2D eigenvalue weighted by atomic mass is 16.6. The summed E-state index contributed by atoms with van der Waals surface area (Å²) >= 11 is 0. The molecule has 0 amide bonds. The lowest BCUT2D eigenvalue weighted by Crippen LogP contribution is -2.19. The summed E-state index contributed by atoms with van der Waals surface area (Å²) in [6.07, 6.45) is 1.29. The summed E-state index contributed by atoms with van der Waals surface area (Å²) in [5.41, 5.74) is 0.00422. The first-order valence-corrected chi connectivity index (χ1v) is 8.54. The molecule has 12 heteroatoms. The van der Waals surface area contributed by atoms with E-state index in [2.05, 4.69) is 15.1 Å². The van der Waals surface area contributed by atoms with Crippen molar-refractivity contribution >= 4 is 22.8 Å². The van der Waals surface area contributed by atoms with Gasteiger partial charge in [0.15, 0.2) is 6.61 Å². The highest BCUT2D eigenvalue weighted by Gasteiger charge is 2.24. The zero-order valence-corrected chi connectivity index (χ0v) is 15.7. The molecule has 1 aromatic carbocycles. The van der Waals surface area contributed by atoms with Crippen LogP contribution in [0.3, 0.4) is 0 Å². The van der Waals surface area contributed by atoms with Gasteiger partial charge in [0.2, 0.25) is 11.5 Å². The van der Waals surface area contributed by atoms with Crippen molar-refractivity contribution in [2.24, 2.45) is 7.05 Å². The number of furan rings is 1. The van der Waals surface area contributed by atoms with Crippen LogP contribution in [0, 0.1) is 17.0 Å². The van der Waals surface area contributed by atoms with Crippen LogP contribution in [0.25, 0.3) is 22.5 Å². The number of hydrogen-bond donors (Lipinski definition) is 0. The average Bonchev–Trinajstić information content (AvgIpc) is 3.33. The number of nitrogens with zero attached hydrogens (tertiary/aromatic N) is 5. The number of aryl methyl sites for hydroxylation is 2. The third-order valence-corrected chi connectivity index (χ3v) is 4.28.